The quantitative estimate of drug-likeness (QED) is 0.604. The van der Waals surface area contributed by atoms with Crippen molar-refractivity contribution >= 4 is 23.2 Å². The maximum absolute atomic E-state index is 12.1. The van der Waals surface area contributed by atoms with Crippen molar-refractivity contribution in [1.82, 2.24) is 4.90 Å². The van der Waals surface area contributed by atoms with Crippen molar-refractivity contribution in [3.63, 3.8) is 0 Å². The Morgan fingerprint density at radius 1 is 1.10 bits per heavy atom. The molecule has 0 radical (unpaired) electrons. The third-order valence-corrected chi connectivity index (χ3v) is 4.98. The zero-order valence-corrected chi connectivity index (χ0v) is 18.6. The first-order chi connectivity index (χ1) is 14.9. The van der Waals surface area contributed by atoms with Crippen LogP contribution in [0.3, 0.4) is 0 Å². The van der Waals surface area contributed by atoms with E-state index >= 15 is 0 Å². The monoisotopic (exact) mass is 425 g/mol. The second-order valence-corrected chi connectivity index (χ2v) is 7.90. The van der Waals surface area contributed by atoms with Crippen LogP contribution in [-0.4, -0.2) is 43.5 Å². The van der Waals surface area contributed by atoms with Crippen LogP contribution in [-0.2, 0) is 16.1 Å². The first-order valence-corrected chi connectivity index (χ1v) is 10.7. The molecular weight excluding hydrogens is 394 g/mol. The van der Waals surface area contributed by atoms with E-state index in [9.17, 15) is 9.59 Å². The summed E-state index contributed by atoms with van der Waals surface area (Å²) in [5, 5.41) is 6.34. The Morgan fingerprint density at radius 2 is 1.84 bits per heavy atom. The van der Waals surface area contributed by atoms with Gasteiger partial charge in [0.1, 0.15) is 0 Å². The summed E-state index contributed by atoms with van der Waals surface area (Å²) in [6.07, 6.45) is 1.35. The fourth-order valence-corrected chi connectivity index (χ4v) is 3.13. The van der Waals surface area contributed by atoms with Gasteiger partial charge >= 0.3 is 0 Å². The number of amides is 2. The third-order valence-electron chi connectivity index (χ3n) is 4.98. The van der Waals surface area contributed by atoms with E-state index in [0.717, 1.165) is 29.8 Å². The lowest BCUT2D eigenvalue weighted by atomic mass is 10.2. The third kappa shape index (κ3) is 6.38. The Balaban J connectivity index is 1.64. The highest BCUT2D eigenvalue weighted by molar-refractivity contribution is 5.94. The van der Waals surface area contributed by atoms with E-state index < -0.39 is 6.10 Å². The summed E-state index contributed by atoms with van der Waals surface area (Å²) in [4.78, 5) is 25.6. The summed E-state index contributed by atoms with van der Waals surface area (Å²) < 4.78 is 11.6. The van der Waals surface area contributed by atoms with Crippen LogP contribution in [0.15, 0.2) is 42.5 Å². The molecule has 0 aromatic heterocycles. The van der Waals surface area contributed by atoms with Crippen LogP contribution in [0.2, 0.25) is 0 Å². The van der Waals surface area contributed by atoms with E-state index in [1.165, 1.54) is 4.90 Å². The first kappa shape index (κ1) is 22.5. The number of hydrogen-bond donors (Lipinski definition) is 2. The number of carbonyl (C=O) groups is 2. The van der Waals surface area contributed by atoms with Crippen LogP contribution in [0.5, 0.6) is 11.5 Å². The molecule has 1 aliphatic rings. The molecule has 1 saturated carbocycles. The number of carbonyl (C=O) groups excluding carboxylic acids is 2. The molecule has 2 aromatic rings. The largest absolute Gasteiger partial charge is 0.490 e. The molecule has 3 rings (SSSR count). The lowest BCUT2D eigenvalue weighted by molar-refractivity contribution is -0.135. The molecule has 0 heterocycles. The predicted octanol–water partition coefficient (Wildman–Crippen LogP) is 3.90. The Bertz CT molecular complexity index is 925. The molecule has 2 amide bonds. The van der Waals surface area contributed by atoms with Crippen molar-refractivity contribution in [3.05, 3.63) is 48.0 Å². The van der Waals surface area contributed by atoms with Gasteiger partial charge in [-0.25, -0.2) is 0 Å². The fraction of sp³-hybridized carbons (Fsp3) is 0.417. The van der Waals surface area contributed by atoms with Crippen LogP contribution >= 0.6 is 0 Å². The van der Waals surface area contributed by atoms with E-state index in [1.807, 2.05) is 49.4 Å². The van der Waals surface area contributed by atoms with E-state index in [1.54, 1.807) is 21.0 Å². The summed E-state index contributed by atoms with van der Waals surface area (Å²) in [6, 6.07) is 13.4. The average Bonchev–Trinajstić information content (AvgIpc) is 3.59. The van der Waals surface area contributed by atoms with Gasteiger partial charge in [-0.3, -0.25) is 9.59 Å². The molecule has 0 bridgehead atoms. The highest BCUT2D eigenvalue weighted by Crippen LogP contribution is 2.31. The van der Waals surface area contributed by atoms with E-state index in [2.05, 4.69) is 10.6 Å². The van der Waals surface area contributed by atoms with Gasteiger partial charge in [0, 0.05) is 37.9 Å². The minimum absolute atomic E-state index is 0.0936. The number of ether oxygens (including phenoxy) is 2. The van der Waals surface area contributed by atoms with Gasteiger partial charge in [0.05, 0.1) is 6.61 Å². The topological polar surface area (TPSA) is 79.9 Å². The lowest BCUT2D eigenvalue weighted by Crippen LogP contribution is -2.35. The summed E-state index contributed by atoms with van der Waals surface area (Å²) in [7, 11) is 3.40. The van der Waals surface area contributed by atoms with E-state index in [4.69, 9.17) is 9.47 Å². The number of anilines is 2. The van der Waals surface area contributed by atoms with Crippen molar-refractivity contribution < 1.29 is 19.1 Å². The SMILES string of the molecule is CCOc1cc(CNc2cccc(NC(=O)C3CC3)c2)ccc1O[C@@H](C)C(=O)N(C)C. The van der Waals surface area contributed by atoms with Gasteiger partial charge in [-0.1, -0.05) is 12.1 Å². The van der Waals surface area contributed by atoms with Gasteiger partial charge in [-0.2, -0.15) is 0 Å². The Kier molecular flexibility index (Phi) is 7.39. The van der Waals surface area contributed by atoms with Gasteiger partial charge < -0.3 is 25.0 Å². The fourth-order valence-electron chi connectivity index (χ4n) is 3.13. The zero-order chi connectivity index (χ0) is 22.4. The van der Waals surface area contributed by atoms with Crippen molar-refractivity contribution in [2.75, 3.05) is 31.3 Å². The zero-order valence-electron chi connectivity index (χ0n) is 18.6. The molecule has 0 aliphatic heterocycles. The lowest BCUT2D eigenvalue weighted by Gasteiger charge is -2.20. The van der Waals surface area contributed by atoms with Gasteiger partial charge in [-0.15, -0.1) is 0 Å². The number of benzene rings is 2. The maximum atomic E-state index is 12.1. The van der Waals surface area contributed by atoms with Gasteiger partial charge in [0.2, 0.25) is 5.91 Å². The van der Waals surface area contributed by atoms with E-state index in [0.29, 0.717) is 24.7 Å². The van der Waals surface area contributed by atoms with E-state index in [-0.39, 0.29) is 17.7 Å². The molecule has 1 fully saturated rings. The normalized spacial score (nSPS) is 13.8. The van der Waals surface area contributed by atoms with Gasteiger partial charge in [0.15, 0.2) is 17.6 Å². The number of likely N-dealkylation sites (N-methyl/N-ethyl adjacent to an activating group) is 1. The molecule has 2 N–H and O–H groups in total. The molecule has 31 heavy (non-hydrogen) atoms. The number of nitrogens with one attached hydrogen (secondary N) is 2. The minimum Gasteiger partial charge on any atom is -0.490 e. The molecule has 0 spiro atoms. The molecule has 2 aromatic carbocycles. The van der Waals surface area contributed by atoms with Crippen molar-refractivity contribution in [1.29, 1.82) is 0 Å². The summed E-state index contributed by atoms with van der Waals surface area (Å²) >= 11 is 0. The predicted molar refractivity (Wildman–Crippen MR) is 122 cm³/mol. The van der Waals surface area contributed by atoms with Crippen molar-refractivity contribution in [2.45, 2.75) is 39.3 Å². The minimum atomic E-state index is -0.605. The summed E-state index contributed by atoms with van der Waals surface area (Å²) in [6.45, 7) is 4.70. The molecular formula is C24H31N3O4. The van der Waals surface area contributed by atoms with Crippen LogP contribution in [0, 0.1) is 5.92 Å². The van der Waals surface area contributed by atoms with Crippen molar-refractivity contribution in [3.8, 4) is 11.5 Å². The van der Waals surface area contributed by atoms with Crippen LogP contribution in [0.4, 0.5) is 11.4 Å². The van der Waals surface area contributed by atoms with Crippen LogP contribution in [0.25, 0.3) is 0 Å². The molecule has 7 nitrogen and oxygen atoms in total. The second-order valence-electron chi connectivity index (χ2n) is 7.90. The van der Waals surface area contributed by atoms with Crippen molar-refractivity contribution in [2.24, 2.45) is 5.92 Å². The molecule has 0 saturated heterocycles. The Morgan fingerprint density at radius 3 is 2.52 bits per heavy atom. The standard InChI is InChI=1S/C24H31N3O4/c1-5-30-22-13-17(9-12-21(22)31-16(2)24(29)27(3)4)15-25-19-7-6-8-20(14-19)26-23(28)18-10-11-18/h6-9,12-14,16,18,25H,5,10-11,15H2,1-4H3,(H,26,28)/t16-/m0/s1. The Hall–Kier alpha value is -3.22. The summed E-state index contributed by atoms with van der Waals surface area (Å²) in [5.41, 5.74) is 2.71. The first-order valence-electron chi connectivity index (χ1n) is 10.7. The molecule has 1 aliphatic carbocycles. The van der Waals surface area contributed by atoms with Gasteiger partial charge in [-0.05, 0) is 62.6 Å². The second kappa shape index (κ2) is 10.2. The molecule has 1 atom stereocenters. The smallest absolute Gasteiger partial charge is 0.262 e. The highest BCUT2D eigenvalue weighted by Gasteiger charge is 2.29. The number of hydrogen-bond acceptors (Lipinski definition) is 5. The highest BCUT2D eigenvalue weighted by atomic mass is 16.5. The molecule has 166 valence electrons. The Labute approximate surface area is 183 Å². The summed E-state index contributed by atoms with van der Waals surface area (Å²) in [5.74, 6) is 1.30. The number of nitrogens with zero attached hydrogens (tertiary/aromatic N) is 1. The molecule has 7 heteroatoms. The average molecular weight is 426 g/mol. The van der Waals surface area contributed by atoms with Crippen LogP contribution < -0.4 is 20.1 Å². The number of rotatable bonds is 10. The van der Waals surface area contributed by atoms with Crippen LogP contribution in [0.1, 0.15) is 32.3 Å². The maximum Gasteiger partial charge on any atom is 0.262 e. The van der Waals surface area contributed by atoms with Gasteiger partial charge in [0.25, 0.3) is 5.91 Å². The molecule has 0 unspecified atom stereocenters.